The Hall–Kier alpha value is -0.620. The van der Waals surface area contributed by atoms with Crippen molar-refractivity contribution in [2.24, 2.45) is 11.8 Å². The molecule has 0 saturated heterocycles. The molecule has 3 unspecified atom stereocenters. The first-order valence-electron chi connectivity index (χ1n) is 6.97. The predicted octanol–water partition coefficient (Wildman–Crippen LogP) is 4.86. The Kier molecular flexibility index (Phi) is 5.30. The SMILES string of the molecule is OC(Cc1cc(Br)ccc1F)C1CCCCC1C(F)(F)F. The number of benzene rings is 1. The van der Waals surface area contributed by atoms with Crippen LogP contribution in [0.5, 0.6) is 0 Å². The minimum Gasteiger partial charge on any atom is -0.392 e. The van der Waals surface area contributed by atoms with E-state index in [9.17, 15) is 22.7 Å². The third kappa shape index (κ3) is 4.19. The van der Waals surface area contributed by atoms with Gasteiger partial charge in [-0.3, -0.25) is 0 Å². The average Bonchev–Trinajstić information content (AvgIpc) is 2.42. The van der Waals surface area contributed by atoms with Gasteiger partial charge in [0.15, 0.2) is 0 Å². The molecule has 1 saturated carbocycles. The number of aliphatic hydroxyl groups excluding tert-OH is 1. The number of rotatable bonds is 3. The fourth-order valence-electron chi connectivity index (χ4n) is 3.10. The van der Waals surface area contributed by atoms with Crippen LogP contribution in [0, 0.1) is 17.7 Å². The van der Waals surface area contributed by atoms with Crippen molar-refractivity contribution in [3.63, 3.8) is 0 Å². The minimum absolute atomic E-state index is 0.0478. The van der Waals surface area contributed by atoms with Crippen molar-refractivity contribution in [2.45, 2.75) is 44.4 Å². The van der Waals surface area contributed by atoms with Crippen LogP contribution in [0.2, 0.25) is 0 Å². The summed E-state index contributed by atoms with van der Waals surface area (Å²) in [6.07, 6.45) is -3.99. The van der Waals surface area contributed by atoms with E-state index in [0.29, 0.717) is 23.7 Å². The van der Waals surface area contributed by atoms with Gasteiger partial charge in [-0.1, -0.05) is 28.8 Å². The van der Waals surface area contributed by atoms with Crippen molar-refractivity contribution in [1.29, 1.82) is 0 Å². The van der Waals surface area contributed by atoms with E-state index in [4.69, 9.17) is 0 Å². The maximum absolute atomic E-state index is 13.7. The van der Waals surface area contributed by atoms with Crippen LogP contribution >= 0.6 is 15.9 Å². The summed E-state index contributed by atoms with van der Waals surface area (Å²) in [5, 5.41) is 10.2. The molecule has 1 aromatic carbocycles. The first-order chi connectivity index (χ1) is 9.79. The summed E-state index contributed by atoms with van der Waals surface area (Å²) in [5.41, 5.74) is 0.239. The Labute approximate surface area is 129 Å². The van der Waals surface area contributed by atoms with Gasteiger partial charge in [0.2, 0.25) is 0 Å². The van der Waals surface area contributed by atoms with Gasteiger partial charge in [0.1, 0.15) is 5.82 Å². The summed E-state index contributed by atoms with van der Waals surface area (Å²) in [4.78, 5) is 0. The molecule has 0 aromatic heterocycles. The highest BCUT2D eigenvalue weighted by atomic mass is 79.9. The van der Waals surface area contributed by atoms with Gasteiger partial charge in [0.05, 0.1) is 12.0 Å². The lowest BCUT2D eigenvalue weighted by molar-refractivity contribution is -0.206. The highest BCUT2D eigenvalue weighted by Gasteiger charge is 2.47. The zero-order valence-corrected chi connectivity index (χ0v) is 12.9. The quantitative estimate of drug-likeness (QED) is 0.755. The molecule has 6 heteroatoms. The Morgan fingerprint density at radius 3 is 2.57 bits per heavy atom. The topological polar surface area (TPSA) is 20.2 Å². The largest absolute Gasteiger partial charge is 0.392 e. The molecule has 21 heavy (non-hydrogen) atoms. The predicted molar refractivity (Wildman–Crippen MR) is 75.3 cm³/mol. The van der Waals surface area contributed by atoms with Crippen molar-refractivity contribution in [3.05, 3.63) is 34.1 Å². The second kappa shape index (κ2) is 6.65. The van der Waals surface area contributed by atoms with Gasteiger partial charge in [0, 0.05) is 10.9 Å². The van der Waals surface area contributed by atoms with E-state index < -0.39 is 29.9 Å². The number of halogens is 5. The summed E-state index contributed by atoms with van der Waals surface area (Å²) in [6, 6.07) is 4.27. The molecule has 0 spiro atoms. The van der Waals surface area contributed by atoms with Gasteiger partial charge in [-0.2, -0.15) is 13.2 Å². The molecule has 3 atom stereocenters. The molecular weight excluding hydrogens is 352 g/mol. The van der Waals surface area contributed by atoms with Gasteiger partial charge in [0.25, 0.3) is 0 Å². The standard InChI is InChI=1S/C15H17BrF4O/c16-10-5-6-13(17)9(7-10)8-14(21)11-3-1-2-4-12(11)15(18,19)20/h5-7,11-12,14,21H,1-4,8H2. The van der Waals surface area contributed by atoms with E-state index in [2.05, 4.69) is 15.9 Å². The highest BCUT2D eigenvalue weighted by Crippen LogP contribution is 2.43. The number of alkyl halides is 3. The lowest BCUT2D eigenvalue weighted by atomic mass is 9.74. The van der Waals surface area contributed by atoms with Crippen molar-refractivity contribution in [3.8, 4) is 0 Å². The minimum atomic E-state index is -4.30. The van der Waals surface area contributed by atoms with Crippen LogP contribution in [0.15, 0.2) is 22.7 Å². The summed E-state index contributed by atoms with van der Waals surface area (Å²) in [6.45, 7) is 0. The lowest BCUT2D eigenvalue weighted by Gasteiger charge is -2.36. The van der Waals surface area contributed by atoms with Gasteiger partial charge >= 0.3 is 6.18 Å². The number of hydrogen-bond acceptors (Lipinski definition) is 1. The molecule has 0 bridgehead atoms. The third-order valence-electron chi connectivity index (χ3n) is 4.17. The molecule has 0 radical (unpaired) electrons. The summed E-state index contributed by atoms with van der Waals surface area (Å²) < 4.78 is 53.4. The van der Waals surface area contributed by atoms with Crippen LogP contribution in [-0.4, -0.2) is 17.4 Å². The van der Waals surface area contributed by atoms with Gasteiger partial charge in [-0.05, 0) is 42.5 Å². The average molecular weight is 369 g/mol. The first kappa shape index (κ1) is 16.7. The van der Waals surface area contributed by atoms with E-state index in [1.165, 1.54) is 18.2 Å². The molecule has 1 nitrogen and oxygen atoms in total. The van der Waals surface area contributed by atoms with E-state index >= 15 is 0 Å². The molecule has 0 aliphatic heterocycles. The molecule has 0 amide bonds. The second-order valence-electron chi connectivity index (χ2n) is 5.60. The van der Waals surface area contributed by atoms with Crippen LogP contribution in [0.3, 0.4) is 0 Å². The van der Waals surface area contributed by atoms with Crippen molar-refractivity contribution >= 4 is 15.9 Å². The van der Waals surface area contributed by atoms with Crippen LogP contribution in [0.1, 0.15) is 31.2 Å². The molecule has 1 aliphatic rings. The van der Waals surface area contributed by atoms with Crippen molar-refractivity contribution in [2.75, 3.05) is 0 Å². The van der Waals surface area contributed by atoms with Crippen LogP contribution in [0.4, 0.5) is 17.6 Å². The molecular formula is C15H17BrF4O. The second-order valence-corrected chi connectivity index (χ2v) is 6.52. The van der Waals surface area contributed by atoms with Gasteiger partial charge < -0.3 is 5.11 Å². The fourth-order valence-corrected chi connectivity index (χ4v) is 3.51. The number of aliphatic hydroxyl groups is 1. The summed E-state index contributed by atoms with van der Waals surface area (Å²) >= 11 is 3.20. The Balaban J connectivity index is 2.14. The normalized spacial score (nSPS) is 24.9. The van der Waals surface area contributed by atoms with Gasteiger partial charge in [-0.25, -0.2) is 4.39 Å². The fraction of sp³-hybridized carbons (Fsp3) is 0.600. The zero-order chi connectivity index (χ0) is 15.6. The summed E-state index contributed by atoms with van der Waals surface area (Å²) in [7, 11) is 0. The smallest absolute Gasteiger partial charge is 0.392 e. The Bertz CT molecular complexity index is 489. The molecule has 2 rings (SSSR count). The maximum Gasteiger partial charge on any atom is 0.392 e. The molecule has 1 aliphatic carbocycles. The zero-order valence-electron chi connectivity index (χ0n) is 11.3. The van der Waals surface area contributed by atoms with E-state index in [1.54, 1.807) is 0 Å². The molecule has 1 N–H and O–H groups in total. The molecule has 1 aromatic rings. The van der Waals surface area contributed by atoms with Crippen molar-refractivity contribution in [1.82, 2.24) is 0 Å². The third-order valence-corrected chi connectivity index (χ3v) is 4.66. The lowest BCUT2D eigenvalue weighted by Crippen LogP contribution is -2.40. The highest BCUT2D eigenvalue weighted by molar-refractivity contribution is 9.10. The Morgan fingerprint density at radius 1 is 1.24 bits per heavy atom. The molecule has 1 fully saturated rings. The number of hydrogen-bond donors (Lipinski definition) is 1. The van der Waals surface area contributed by atoms with Crippen LogP contribution < -0.4 is 0 Å². The van der Waals surface area contributed by atoms with Crippen LogP contribution in [-0.2, 0) is 6.42 Å². The van der Waals surface area contributed by atoms with E-state index in [1.807, 2.05) is 0 Å². The van der Waals surface area contributed by atoms with Gasteiger partial charge in [-0.15, -0.1) is 0 Å². The maximum atomic E-state index is 13.7. The van der Waals surface area contributed by atoms with Crippen molar-refractivity contribution < 1.29 is 22.7 Å². The monoisotopic (exact) mass is 368 g/mol. The first-order valence-corrected chi connectivity index (χ1v) is 7.77. The van der Waals surface area contributed by atoms with E-state index in [0.717, 1.165) is 0 Å². The molecule has 0 heterocycles. The summed E-state index contributed by atoms with van der Waals surface area (Å²) in [5.74, 6) is -2.84. The Morgan fingerprint density at radius 2 is 1.90 bits per heavy atom. The molecule has 118 valence electrons. The van der Waals surface area contributed by atoms with E-state index in [-0.39, 0.29) is 18.4 Å². The van der Waals surface area contributed by atoms with Crippen LogP contribution in [0.25, 0.3) is 0 Å².